The van der Waals surface area contributed by atoms with E-state index in [9.17, 15) is 13.2 Å². The summed E-state index contributed by atoms with van der Waals surface area (Å²) < 4.78 is 36.3. The molecule has 1 aliphatic heterocycles. The van der Waals surface area contributed by atoms with Gasteiger partial charge in [-0.1, -0.05) is 6.07 Å². The lowest BCUT2D eigenvalue weighted by Gasteiger charge is -2.43. The van der Waals surface area contributed by atoms with Gasteiger partial charge < -0.3 is 9.30 Å². The third kappa shape index (κ3) is 3.07. The number of aromatic nitrogens is 2. The summed E-state index contributed by atoms with van der Waals surface area (Å²) in [6.45, 7) is 3.46. The van der Waals surface area contributed by atoms with Crippen LogP contribution in [0.1, 0.15) is 25.5 Å². The molecule has 0 bridgehead atoms. The van der Waals surface area contributed by atoms with E-state index in [0.717, 1.165) is 6.26 Å². The largest absolute Gasteiger partial charge is 0.485 e. The second-order valence-corrected chi connectivity index (χ2v) is 7.83. The molecule has 2 atom stereocenters. The Morgan fingerprint density at radius 3 is 2.71 bits per heavy atom. The molecule has 2 aromatic heterocycles. The van der Waals surface area contributed by atoms with Gasteiger partial charge in [0, 0.05) is 30.2 Å². The molecule has 7 nitrogen and oxygen atoms in total. The molecule has 2 unspecified atom stereocenters. The second-order valence-electron chi connectivity index (χ2n) is 6.23. The number of hydrogen-bond donors (Lipinski definition) is 0. The van der Waals surface area contributed by atoms with Crippen LogP contribution in [-0.2, 0) is 14.3 Å². The molecule has 1 aliphatic rings. The first-order chi connectivity index (χ1) is 11.2. The smallest absolute Gasteiger partial charge is 0.264 e. The molecule has 0 saturated heterocycles. The number of pyridine rings is 2. The van der Waals surface area contributed by atoms with Crippen molar-refractivity contribution in [3.63, 3.8) is 0 Å². The number of ether oxygens (including phenoxy) is 1. The van der Waals surface area contributed by atoms with Crippen molar-refractivity contribution in [3.05, 3.63) is 58.8 Å². The standard InChI is InChI=1S/C16H18N2O5S/c1-16(2)15(23-24(3,20)21)14(18-9-5-4-6-13(18)19)11-10-17-8-7-12(11)22-16/h4-10,14-15H,1-3H3. The average molecular weight is 350 g/mol. The van der Waals surface area contributed by atoms with E-state index >= 15 is 0 Å². The molecule has 0 spiro atoms. The van der Waals surface area contributed by atoms with Crippen molar-refractivity contribution in [1.29, 1.82) is 0 Å². The van der Waals surface area contributed by atoms with E-state index in [1.807, 2.05) is 0 Å². The van der Waals surface area contributed by atoms with Crippen molar-refractivity contribution in [1.82, 2.24) is 9.55 Å². The van der Waals surface area contributed by atoms with Crippen LogP contribution in [0.2, 0.25) is 0 Å². The number of hydrogen-bond acceptors (Lipinski definition) is 6. The van der Waals surface area contributed by atoms with Crippen molar-refractivity contribution in [2.45, 2.75) is 31.6 Å². The van der Waals surface area contributed by atoms with Gasteiger partial charge >= 0.3 is 0 Å². The van der Waals surface area contributed by atoms with E-state index in [1.54, 1.807) is 50.6 Å². The lowest BCUT2D eigenvalue weighted by atomic mass is 9.87. The van der Waals surface area contributed by atoms with Crippen molar-refractivity contribution < 1.29 is 17.3 Å². The molecule has 24 heavy (non-hydrogen) atoms. The third-order valence-corrected chi connectivity index (χ3v) is 4.46. The molecule has 0 N–H and O–H groups in total. The van der Waals surface area contributed by atoms with Crippen LogP contribution in [0.5, 0.6) is 5.75 Å². The maximum Gasteiger partial charge on any atom is 0.264 e. The van der Waals surface area contributed by atoms with Gasteiger partial charge in [-0.25, -0.2) is 0 Å². The lowest BCUT2D eigenvalue weighted by molar-refractivity contribution is -0.0465. The maximum absolute atomic E-state index is 12.3. The van der Waals surface area contributed by atoms with Crippen molar-refractivity contribution in [3.8, 4) is 5.75 Å². The highest BCUT2D eigenvalue weighted by Gasteiger charge is 2.47. The van der Waals surface area contributed by atoms with Crippen LogP contribution in [0, 0.1) is 0 Å². The highest BCUT2D eigenvalue weighted by Crippen LogP contribution is 2.42. The summed E-state index contributed by atoms with van der Waals surface area (Å²) in [7, 11) is -3.77. The van der Waals surface area contributed by atoms with Gasteiger partial charge in [-0.3, -0.25) is 14.0 Å². The Balaban J connectivity index is 2.25. The van der Waals surface area contributed by atoms with Crippen LogP contribution in [0.3, 0.4) is 0 Å². The summed E-state index contributed by atoms with van der Waals surface area (Å²) in [6.07, 6.45) is 4.80. The average Bonchev–Trinajstić information content (AvgIpc) is 2.47. The Kier molecular flexibility index (Phi) is 3.97. The quantitative estimate of drug-likeness (QED) is 0.777. The SMILES string of the molecule is CC1(C)Oc2ccncc2C(n2ccccc2=O)C1OS(C)(=O)=O. The molecular formula is C16H18N2O5S. The summed E-state index contributed by atoms with van der Waals surface area (Å²) in [5, 5.41) is 0. The monoisotopic (exact) mass is 350 g/mol. The minimum Gasteiger partial charge on any atom is -0.485 e. The molecule has 2 aromatic rings. The van der Waals surface area contributed by atoms with Crippen LogP contribution in [0.25, 0.3) is 0 Å². The Labute approximate surface area is 140 Å². The van der Waals surface area contributed by atoms with Gasteiger partial charge in [-0.2, -0.15) is 8.42 Å². The zero-order valence-electron chi connectivity index (χ0n) is 13.5. The van der Waals surface area contributed by atoms with Crippen LogP contribution in [0.15, 0.2) is 47.7 Å². The van der Waals surface area contributed by atoms with Gasteiger partial charge in [0.25, 0.3) is 15.7 Å². The van der Waals surface area contributed by atoms with E-state index in [4.69, 9.17) is 8.92 Å². The molecular weight excluding hydrogens is 332 g/mol. The zero-order chi connectivity index (χ0) is 17.5. The summed E-state index contributed by atoms with van der Waals surface area (Å²) in [5.74, 6) is 0.545. The fourth-order valence-corrected chi connectivity index (χ4v) is 3.63. The van der Waals surface area contributed by atoms with E-state index < -0.39 is 27.9 Å². The molecule has 3 heterocycles. The normalized spacial score (nSPS) is 22.5. The fourth-order valence-electron chi connectivity index (χ4n) is 2.92. The van der Waals surface area contributed by atoms with Gasteiger partial charge in [0.2, 0.25) is 0 Å². The summed E-state index contributed by atoms with van der Waals surface area (Å²) in [5.41, 5.74) is -0.645. The predicted octanol–water partition coefficient (Wildman–Crippen LogP) is 1.35. The van der Waals surface area contributed by atoms with Crippen molar-refractivity contribution in [2.24, 2.45) is 0 Å². The first-order valence-electron chi connectivity index (χ1n) is 7.37. The summed E-state index contributed by atoms with van der Waals surface area (Å²) in [6, 6.07) is 5.75. The lowest BCUT2D eigenvalue weighted by Crippen LogP contribution is -2.54. The van der Waals surface area contributed by atoms with Gasteiger partial charge in [-0.05, 0) is 26.0 Å². The first kappa shape index (κ1) is 16.7. The zero-order valence-corrected chi connectivity index (χ0v) is 14.4. The van der Waals surface area contributed by atoms with Gasteiger partial charge in [0.05, 0.1) is 12.3 Å². The van der Waals surface area contributed by atoms with E-state index in [-0.39, 0.29) is 5.56 Å². The predicted molar refractivity (Wildman–Crippen MR) is 87.5 cm³/mol. The van der Waals surface area contributed by atoms with E-state index in [2.05, 4.69) is 4.98 Å². The van der Waals surface area contributed by atoms with E-state index in [0.29, 0.717) is 11.3 Å². The van der Waals surface area contributed by atoms with Crippen LogP contribution >= 0.6 is 0 Å². The topological polar surface area (TPSA) is 87.5 Å². The third-order valence-electron chi connectivity index (χ3n) is 3.90. The highest BCUT2D eigenvalue weighted by atomic mass is 32.2. The van der Waals surface area contributed by atoms with Gasteiger partial charge in [0.15, 0.2) is 0 Å². The van der Waals surface area contributed by atoms with Crippen LogP contribution in [-0.4, -0.2) is 35.9 Å². The summed E-state index contributed by atoms with van der Waals surface area (Å²) in [4.78, 5) is 16.4. The molecule has 0 radical (unpaired) electrons. The Morgan fingerprint density at radius 2 is 2.04 bits per heavy atom. The van der Waals surface area contributed by atoms with Crippen LogP contribution in [0.4, 0.5) is 0 Å². The van der Waals surface area contributed by atoms with Crippen LogP contribution < -0.4 is 10.3 Å². The second kappa shape index (κ2) is 5.71. The minimum atomic E-state index is -3.77. The fraction of sp³-hybridized carbons (Fsp3) is 0.375. The molecule has 0 fully saturated rings. The Morgan fingerprint density at radius 1 is 1.29 bits per heavy atom. The minimum absolute atomic E-state index is 0.267. The van der Waals surface area contributed by atoms with Crippen molar-refractivity contribution in [2.75, 3.05) is 6.26 Å². The molecule has 3 rings (SSSR count). The van der Waals surface area contributed by atoms with Gasteiger partial charge in [0.1, 0.15) is 17.5 Å². The Hall–Kier alpha value is -2.19. The molecule has 0 amide bonds. The maximum atomic E-state index is 12.3. The number of fused-ring (bicyclic) bond motifs is 1. The summed E-state index contributed by atoms with van der Waals surface area (Å²) >= 11 is 0. The molecule has 0 saturated carbocycles. The highest BCUT2D eigenvalue weighted by molar-refractivity contribution is 7.86. The Bertz CT molecular complexity index is 920. The van der Waals surface area contributed by atoms with E-state index in [1.165, 1.54) is 10.6 Å². The van der Waals surface area contributed by atoms with Gasteiger partial charge in [-0.15, -0.1) is 0 Å². The molecule has 128 valence electrons. The molecule has 8 heteroatoms. The first-order valence-corrected chi connectivity index (χ1v) is 9.19. The molecule has 0 aromatic carbocycles. The number of rotatable bonds is 3. The van der Waals surface area contributed by atoms with Crippen molar-refractivity contribution >= 4 is 10.1 Å². The number of nitrogens with zero attached hydrogens (tertiary/aromatic N) is 2. The molecule has 0 aliphatic carbocycles.